The average molecular weight is 187 g/mol. The molecule has 0 bridgehead atoms. The van der Waals surface area contributed by atoms with Crippen LogP contribution in [0.1, 0.15) is 5.56 Å². The summed E-state index contributed by atoms with van der Waals surface area (Å²) in [4.78, 5) is 0. The lowest BCUT2D eigenvalue weighted by Crippen LogP contribution is -1.97. The van der Waals surface area contributed by atoms with Crippen LogP contribution < -0.4 is 10.9 Å². The normalized spacial score (nSPS) is 11.2. The molecule has 4 N–H and O–H groups in total. The summed E-state index contributed by atoms with van der Waals surface area (Å²) in [5.41, 5.74) is 6.54. The lowest BCUT2D eigenvalue weighted by molar-refractivity contribution is 0.539. The van der Waals surface area contributed by atoms with Crippen LogP contribution in [0.25, 0.3) is 0 Å². The van der Waals surface area contributed by atoms with E-state index in [0.717, 1.165) is 0 Å². The Morgan fingerprint density at radius 1 is 1.33 bits per heavy atom. The summed E-state index contributed by atoms with van der Waals surface area (Å²) in [7, 11) is 0. The zero-order valence-corrected chi connectivity index (χ0v) is 7.29. The summed E-state index contributed by atoms with van der Waals surface area (Å²) >= 11 is -2.36. The van der Waals surface area contributed by atoms with E-state index in [1.165, 1.54) is 5.56 Å². The van der Waals surface area contributed by atoms with E-state index >= 15 is 0 Å². The van der Waals surface area contributed by atoms with Crippen LogP contribution in [0.5, 0.6) is 0 Å². The Bertz CT molecular complexity index is 224. The maximum absolute atomic E-state index is 8.78. The monoisotopic (exact) mass is 187 g/mol. The summed E-state index contributed by atoms with van der Waals surface area (Å²) in [6.07, 6.45) is 0. The zero-order chi connectivity index (χ0) is 9.40. The Kier molecular flexibility index (Phi) is 6.50. The molecule has 0 aromatic heterocycles. The standard InChI is InChI=1S/C7H9N.H3NO2S/c8-6-7-4-2-1-3-5-7;1-4(2)3/h1-5H,6,8H2;1H2,(H,2,3)/p-1. The lowest BCUT2D eigenvalue weighted by Gasteiger charge is -1.90. The van der Waals surface area contributed by atoms with Crippen molar-refractivity contribution in [1.82, 2.24) is 0 Å². The van der Waals surface area contributed by atoms with Crippen molar-refractivity contribution in [2.24, 2.45) is 10.9 Å². The van der Waals surface area contributed by atoms with Crippen molar-refractivity contribution in [2.45, 2.75) is 6.54 Å². The van der Waals surface area contributed by atoms with Crippen molar-refractivity contribution < 1.29 is 8.76 Å². The van der Waals surface area contributed by atoms with Crippen LogP contribution in [-0.2, 0) is 17.8 Å². The molecule has 12 heavy (non-hydrogen) atoms. The minimum absolute atomic E-state index is 0.640. The second kappa shape index (κ2) is 6.93. The van der Waals surface area contributed by atoms with E-state index in [0.29, 0.717) is 6.54 Å². The molecule has 0 saturated carbocycles. The SMILES string of the molecule is NCc1ccccc1.NS(=O)[O-]. The Hall–Kier alpha value is -0.750. The highest BCUT2D eigenvalue weighted by molar-refractivity contribution is 7.76. The lowest BCUT2D eigenvalue weighted by atomic mass is 10.2. The molecule has 0 aliphatic carbocycles. The van der Waals surface area contributed by atoms with Gasteiger partial charge in [0.15, 0.2) is 0 Å². The van der Waals surface area contributed by atoms with Gasteiger partial charge in [-0.2, -0.15) is 0 Å². The molecule has 0 aliphatic rings. The third kappa shape index (κ3) is 7.36. The van der Waals surface area contributed by atoms with Crippen LogP contribution in [0.3, 0.4) is 0 Å². The quantitative estimate of drug-likeness (QED) is 0.600. The summed E-state index contributed by atoms with van der Waals surface area (Å²) < 4.78 is 17.6. The number of hydrogen-bond donors (Lipinski definition) is 2. The smallest absolute Gasteiger partial charge is 0.0178 e. The van der Waals surface area contributed by atoms with Gasteiger partial charge in [0.25, 0.3) is 0 Å². The molecular formula is C7H11N2O2S-. The van der Waals surface area contributed by atoms with Crippen LogP contribution >= 0.6 is 0 Å². The van der Waals surface area contributed by atoms with Crippen molar-refractivity contribution in [3.63, 3.8) is 0 Å². The van der Waals surface area contributed by atoms with Crippen LogP contribution in [0.2, 0.25) is 0 Å². The summed E-state index contributed by atoms with van der Waals surface area (Å²) in [5.74, 6) is 0. The molecule has 0 aliphatic heterocycles. The molecule has 4 nitrogen and oxygen atoms in total. The molecule has 0 heterocycles. The molecule has 1 aromatic carbocycles. The first-order valence-electron chi connectivity index (χ1n) is 3.24. The highest BCUT2D eigenvalue weighted by atomic mass is 32.2. The fourth-order valence-corrected chi connectivity index (χ4v) is 0.614. The van der Waals surface area contributed by atoms with Crippen molar-refractivity contribution in [3.05, 3.63) is 35.9 Å². The fourth-order valence-electron chi connectivity index (χ4n) is 0.614. The van der Waals surface area contributed by atoms with Crippen LogP contribution in [0, 0.1) is 0 Å². The second-order valence-corrected chi connectivity index (χ2v) is 2.47. The van der Waals surface area contributed by atoms with E-state index in [4.69, 9.17) is 14.5 Å². The topological polar surface area (TPSA) is 92.2 Å². The third-order valence-electron chi connectivity index (χ3n) is 1.08. The molecule has 0 amide bonds. The van der Waals surface area contributed by atoms with Crippen molar-refractivity contribution in [1.29, 1.82) is 0 Å². The second-order valence-electron chi connectivity index (χ2n) is 1.95. The molecule has 5 heteroatoms. The molecule has 1 rings (SSSR count). The highest BCUT2D eigenvalue weighted by Crippen LogP contribution is 1.94. The average Bonchev–Trinajstić information content (AvgIpc) is 2.05. The zero-order valence-electron chi connectivity index (χ0n) is 6.47. The van der Waals surface area contributed by atoms with E-state index in [2.05, 4.69) is 5.14 Å². The summed E-state index contributed by atoms with van der Waals surface area (Å²) in [6.45, 7) is 0.640. The predicted molar refractivity (Wildman–Crippen MR) is 47.4 cm³/mol. The van der Waals surface area contributed by atoms with Crippen LogP contribution in [0.4, 0.5) is 0 Å². The van der Waals surface area contributed by atoms with Gasteiger partial charge in [-0.1, -0.05) is 30.3 Å². The van der Waals surface area contributed by atoms with E-state index in [9.17, 15) is 0 Å². The van der Waals surface area contributed by atoms with E-state index in [1.807, 2.05) is 30.3 Å². The Morgan fingerprint density at radius 2 is 1.75 bits per heavy atom. The largest absolute Gasteiger partial charge is 0.760 e. The van der Waals surface area contributed by atoms with Gasteiger partial charge in [0, 0.05) is 17.8 Å². The minimum atomic E-state index is -2.36. The number of hydrogen-bond acceptors (Lipinski definition) is 3. The molecule has 68 valence electrons. The van der Waals surface area contributed by atoms with Gasteiger partial charge in [0.2, 0.25) is 0 Å². The van der Waals surface area contributed by atoms with Gasteiger partial charge in [0.05, 0.1) is 0 Å². The molecule has 0 spiro atoms. The first-order chi connectivity index (χ1) is 5.66. The van der Waals surface area contributed by atoms with Gasteiger partial charge in [-0.3, -0.25) is 9.35 Å². The highest BCUT2D eigenvalue weighted by Gasteiger charge is 1.80. The van der Waals surface area contributed by atoms with Gasteiger partial charge in [-0.15, -0.1) is 0 Å². The van der Waals surface area contributed by atoms with Crippen molar-refractivity contribution >= 4 is 11.3 Å². The molecule has 1 unspecified atom stereocenters. The molecule has 0 fully saturated rings. The molecule has 1 atom stereocenters. The molecular weight excluding hydrogens is 176 g/mol. The Morgan fingerprint density at radius 3 is 2.00 bits per heavy atom. The number of rotatable bonds is 1. The van der Waals surface area contributed by atoms with Gasteiger partial charge < -0.3 is 10.3 Å². The van der Waals surface area contributed by atoms with Crippen molar-refractivity contribution in [3.8, 4) is 0 Å². The molecule has 0 radical (unpaired) electrons. The summed E-state index contributed by atoms with van der Waals surface area (Å²) in [5, 5.41) is 4.03. The third-order valence-corrected chi connectivity index (χ3v) is 1.08. The fraction of sp³-hybridized carbons (Fsp3) is 0.143. The Balaban J connectivity index is 0.000000261. The van der Waals surface area contributed by atoms with Crippen LogP contribution in [0.15, 0.2) is 30.3 Å². The summed E-state index contributed by atoms with van der Waals surface area (Å²) in [6, 6.07) is 9.99. The van der Waals surface area contributed by atoms with Gasteiger partial charge in [0.1, 0.15) is 0 Å². The van der Waals surface area contributed by atoms with Gasteiger partial charge >= 0.3 is 0 Å². The number of benzene rings is 1. The van der Waals surface area contributed by atoms with Gasteiger partial charge in [-0.05, 0) is 5.56 Å². The number of nitrogens with two attached hydrogens (primary N) is 2. The van der Waals surface area contributed by atoms with Crippen molar-refractivity contribution in [2.75, 3.05) is 0 Å². The maximum Gasteiger partial charge on any atom is 0.0178 e. The van der Waals surface area contributed by atoms with Crippen LogP contribution in [-0.4, -0.2) is 8.76 Å². The Labute approximate surface area is 74.0 Å². The first kappa shape index (κ1) is 11.2. The van der Waals surface area contributed by atoms with E-state index < -0.39 is 11.3 Å². The molecule has 0 saturated heterocycles. The maximum atomic E-state index is 8.78. The molecule has 1 aromatic rings. The first-order valence-corrected chi connectivity index (χ1v) is 4.38. The van der Waals surface area contributed by atoms with Gasteiger partial charge in [-0.25, -0.2) is 0 Å². The minimum Gasteiger partial charge on any atom is -0.760 e. The van der Waals surface area contributed by atoms with E-state index in [-0.39, 0.29) is 0 Å². The predicted octanol–water partition coefficient (Wildman–Crippen LogP) is -0.115. The van der Waals surface area contributed by atoms with E-state index in [1.54, 1.807) is 0 Å².